The number of amides is 1. The van der Waals surface area contributed by atoms with Crippen LogP contribution in [0, 0.1) is 34.6 Å². The smallest absolute Gasteiger partial charge is 0.324 e. The lowest BCUT2D eigenvalue weighted by molar-refractivity contribution is -0.150. The fourth-order valence-electron chi connectivity index (χ4n) is 4.24. The molecule has 1 atom stereocenters. The van der Waals surface area contributed by atoms with Gasteiger partial charge < -0.3 is 10.1 Å². The lowest BCUT2D eigenvalue weighted by atomic mass is 10.1. The number of ether oxygens (including phenoxy) is 1. The Morgan fingerprint density at radius 1 is 1.00 bits per heavy atom. The molecule has 2 aromatic carbocycles. The van der Waals surface area contributed by atoms with Crippen LogP contribution in [0.15, 0.2) is 35.2 Å². The van der Waals surface area contributed by atoms with Gasteiger partial charge in [-0.15, -0.1) is 0 Å². The zero-order valence-electron chi connectivity index (χ0n) is 19.2. The van der Waals surface area contributed by atoms with Crippen molar-refractivity contribution in [3.63, 3.8) is 0 Å². The van der Waals surface area contributed by atoms with Gasteiger partial charge in [-0.1, -0.05) is 29.8 Å². The highest BCUT2D eigenvalue weighted by Gasteiger charge is 2.41. The predicted octanol–water partition coefficient (Wildman–Crippen LogP) is 3.56. The number of carbonyl (C=O) groups is 2. The molecule has 172 valence electrons. The number of nitrogens with zero attached hydrogens (tertiary/aromatic N) is 1. The van der Waals surface area contributed by atoms with E-state index in [2.05, 4.69) is 5.32 Å². The number of esters is 1. The molecule has 32 heavy (non-hydrogen) atoms. The summed E-state index contributed by atoms with van der Waals surface area (Å²) in [5.74, 6) is -1.17. The Bertz CT molecular complexity index is 1130. The van der Waals surface area contributed by atoms with Crippen LogP contribution in [0.4, 0.5) is 5.69 Å². The average molecular weight is 459 g/mol. The van der Waals surface area contributed by atoms with Crippen LogP contribution >= 0.6 is 0 Å². The van der Waals surface area contributed by atoms with Gasteiger partial charge in [-0.05, 0) is 75.8 Å². The van der Waals surface area contributed by atoms with Gasteiger partial charge in [0.05, 0.1) is 4.90 Å². The van der Waals surface area contributed by atoms with Gasteiger partial charge in [-0.2, -0.15) is 4.31 Å². The molecule has 1 amide bonds. The van der Waals surface area contributed by atoms with E-state index in [0.717, 1.165) is 16.7 Å². The molecule has 0 spiro atoms. The van der Waals surface area contributed by atoms with Gasteiger partial charge in [0, 0.05) is 12.2 Å². The third-order valence-corrected chi connectivity index (χ3v) is 7.87. The predicted molar refractivity (Wildman–Crippen MR) is 123 cm³/mol. The maximum Gasteiger partial charge on any atom is 0.324 e. The first-order chi connectivity index (χ1) is 15.0. The monoisotopic (exact) mass is 458 g/mol. The van der Waals surface area contributed by atoms with Crippen LogP contribution in [0.1, 0.15) is 40.7 Å². The molecule has 2 aromatic rings. The van der Waals surface area contributed by atoms with E-state index in [1.54, 1.807) is 13.8 Å². The van der Waals surface area contributed by atoms with Gasteiger partial charge in [0.25, 0.3) is 5.91 Å². The Morgan fingerprint density at radius 2 is 1.66 bits per heavy atom. The molecule has 1 unspecified atom stereocenters. The standard InChI is InChI=1S/C24H30N2O5S/c1-15-8-9-17(3)20(13-15)25-22(27)14-31-24(28)21-7-6-10-26(21)32(29,30)23-18(4)11-16(2)12-19(23)5/h8-9,11-13,21H,6-7,10,14H2,1-5H3,(H,25,27). The van der Waals surface area contributed by atoms with E-state index >= 15 is 0 Å². The highest BCUT2D eigenvalue weighted by atomic mass is 32.2. The molecule has 8 heteroatoms. The van der Waals surface area contributed by atoms with E-state index in [4.69, 9.17) is 4.74 Å². The van der Waals surface area contributed by atoms with E-state index in [0.29, 0.717) is 29.7 Å². The fourth-order valence-corrected chi connectivity index (χ4v) is 6.31. The van der Waals surface area contributed by atoms with Crippen molar-refractivity contribution < 1.29 is 22.7 Å². The minimum absolute atomic E-state index is 0.232. The number of nitrogens with one attached hydrogen (secondary N) is 1. The van der Waals surface area contributed by atoms with Gasteiger partial charge in [0.2, 0.25) is 10.0 Å². The first-order valence-electron chi connectivity index (χ1n) is 10.6. The lowest BCUT2D eigenvalue weighted by Crippen LogP contribution is -2.42. The molecular weight excluding hydrogens is 428 g/mol. The number of hydrogen-bond donors (Lipinski definition) is 1. The minimum Gasteiger partial charge on any atom is -0.454 e. The van der Waals surface area contributed by atoms with E-state index in [1.807, 2.05) is 51.1 Å². The Morgan fingerprint density at radius 3 is 2.31 bits per heavy atom. The molecule has 1 heterocycles. The average Bonchev–Trinajstić information content (AvgIpc) is 3.19. The maximum absolute atomic E-state index is 13.4. The largest absolute Gasteiger partial charge is 0.454 e. The second-order valence-electron chi connectivity index (χ2n) is 8.48. The van der Waals surface area contributed by atoms with Gasteiger partial charge in [0.15, 0.2) is 6.61 Å². The summed E-state index contributed by atoms with van der Waals surface area (Å²) >= 11 is 0. The molecule has 3 rings (SSSR count). The Kier molecular flexibility index (Phi) is 7.05. The van der Waals surface area contributed by atoms with Crippen LogP contribution in [0.3, 0.4) is 0 Å². The first kappa shape index (κ1) is 23.9. The van der Waals surface area contributed by atoms with Crippen molar-refractivity contribution in [3.8, 4) is 0 Å². The van der Waals surface area contributed by atoms with Crippen LogP contribution in [0.25, 0.3) is 0 Å². The van der Waals surface area contributed by atoms with Crippen molar-refractivity contribution in [2.24, 2.45) is 0 Å². The number of anilines is 1. The topological polar surface area (TPSA) is 92.8 Å². The van der Waals surface area contributed by atoms with Gasteiger partial charge in [-0.25, -0.2) is 8.42 Å². The summed E-state index contributed by atoms with van der Waals surface area (Å²) in [6.07, 6.45) is 0.915. The van der Waals surface area contributed by atoms with Crippen molar-refractivity contribution in [1.82, 2.24) is 4.31 Å². The van der Waals surface area contributed by atoms with Gasteiger partial charge in [0.1, 0.15) is 6.04 Å². The Hall–Kier alpha value is -2.71. The van der Waals surface area contributed by atoms with Gasteiger partial charge >= 0.3 is 5.97 Å². The number of rotatable bonds is 6. The molecule has 0 aromatic heterocycles. The maximum atomic E-state index is 13.4. The third-order valence-electron chi connectivity index (χ3n) is 5.66. The van der Waals surface area contributed by atoms with Gasteiger partial charge in [-0.3, -0.25) is 9.59 Å². The lowest BCUT2D eigenvalue weighted by Gasteiger charge is -2.24. The Labute approximate surface area is 189 Å². The molecule has 0 radical (unpaired) electrons. The molecule has 1 aliphatic heterocycles. The second-order valence-corrected chi connectivity index (χ2v) is 10.3. The van der Waals surface area contributed by atoms with E-state index in [9.17, 15) is 18.0 Å². The summed E-state index contributed by atoms with van der Waals surface area (Å²) in [6, 6.07) is 8.38. The molecule has 1 fully saturated rings. The summed E-state index contributed by atoms with van der Waals surface area (Å²) < 4.78 is 33.2. The van der Waals surface area contributed by atoms with E-state index in [-0.39, 0.29) is 11.4 Å². The van der Waals surface area contributed by atoms with Crippen LogP contribution in [-0.2, 0) is 24.3 Å². The van der Waals surface area contributed by atoms with Crippen molar-refractivity contribution in [3.05, 3.63) is 58.1 Å². The van der Waals surface area contributed by atoms with Crippen LogP contribution in [0.2, 0.25) is 0 Å². The number of carbonyl (C=O) groups excluding carboxylic acids is 2. The SMILES string of the molecule is Cc1cc(C)c(S(=O)(=O)N2CCCC2C(=O)OCC(=O)Nc2cc(C)ccc2C)c(C)c1. The number of sulfonamides is 1. The molecule has 7 nitrogen and oxygen atoms in total. The molecule has 1 saturated heterocycles. The molecular formula is C24H30N2O5S. The van der Waals surface area contributed by atoms with Crippen molar-refractivity contribution in [1.29, 1.82) is 0 Å². The normalized spacial score (nSPS) is 16.7. The van der Waals surface area contributed by atoms with Crippen LogP contribution < -0.4 is 5.32 Å². The fraction of sp³-hybridized carbons (Fsp3) is 0.417. The second kappa shape index (κ2) is 9.42. The first-order valence-corrected chi connectivity index (χ1v) is 12.1. The van der Waals surface area contributed by atoms with E-state index in [1.165, 1.54) is 4.31 Å². The molecule has 0 saturated carbocycles. The molecule has 0 aliphatic carbocycles. The zero-order chi connectivity index (χ0) is 23.6. The highest BCUT2D eigenvalue weighted by molar-refractivity contribution is 7.89. The molecule has 0 bridgehead atoms. The summed E-state index contributed by atoms with van der Waals surface area (Å²) in [5, 5.41) is 2.74. The molecule has 1 aliphatic rings. The van der Waals surface area contributed by atoms with Crippen molar-refractivity contribution in [2.45, 2.75) is 58.4 Å². The van der Waals surface area contributed by atoms with E-state index < -0.39 is 34.5 Å². The summed E-state index contributed by atoms with van der Waals surface area (Å²) in [5.41, 5.74) is 4.82. The summed E-state index contributed by atoms with van der Waals surface area (Å²) in [4.78, 5) is 25.3. The number of aryl methyl sites for hydroxylation is 5. The molecule has 1 N–H and O–H groups in total. The van der Waals surface area contributed by atoms with Crippen molar-refractivity contribution >= 4 is 27.6 Å². The number of benzene rings is 2. The minimum atomic E-state index is -3.88. The van der Waals surface area contributed by atoms with Crippen LogP contribution in [0.5, 0.6) is 0 Å². The zero-order valence-corrected chi connectivity index (χ0v) is 20.0. The quantitative estimate of drug-likeness (QED) is 0.668. The highest BCUT2D eigenvalue weighted by Crippen LogP contribution is 2.31. The summed E-state index contributed by atoms with van der Waals surface area (Å²) in [6.45, 7) is 8.99. The van der Waals surface area contributed by atoms with Crippen LogP contribution in [-0.4, -0.2) is 43.8 Å². The Balaban J connectivity index is 1.70. The summed E-state index contributed by atoms with van der Waals surface area (Å²) in [7, 11) is -3.88. The number of hydrogen-bond acceptors (Lipinski definition) is 5. The third kappa shape index (κ3) is 5.02. The van der Waals surface area contributed by atoms with Crippen molar-refractivity contribution in [2.75, 3.05) is 18.5 Å².